The van der Waals surface area contributed by atoms with E-state index in [1.54, 1.807) is 4.90 Å². The molecule has 3 aromatic rings. The van der Waals surface area contributed by atoms with Gasteiger partial charge in [-0.2, -0.15) is 0 Å². The third-order valence-corrected chi connectivity index (χ3v) is 11.5. The molecule has 51 heavy (non-hydrogen) atoms. The van der Waals surface area contributed by atoms with Gasteiger partial charge in [0.05, 0.1) is 12.7 Å². The van der Waals surface area contributed by atoms with E-state index in [1.165, 1.54) is 12.0 Å². The highest BCUT2D eigenvalue weighted by atomic mass is 16.2. The van der Waals surface area contributed by atoms with Crippen LogP contribution in [-0.4, -0.2) is 83.4 Å². The van der Waals surface area contributed by atoms with Gasteiger partial charge in [-0.3, -0.25) is 19.2 Å². The van der Waals surface area contributed by atoms with Crippen LogP contribution in [0.5, 0.6) is 0 Å². The molecule has 3 aliphatic heterocycles. The summed E-state index contributed by atoms with van der Waals surface area (Å²) in [4.78, 5) is 61.3. The number of hydrogen-bond acceptors (Lipinski definition) is 6. The molecule has 7 rings (SSSR count). The number of para-hydroxylation sites is 1. The van der Waals surface area contributed by atoms with E-state index in [4.69, 9.17) is 0 Å². The van der Waals surface area contributed by atoms with Crippen molar-refractivity contribution in [3.8, 4) is 0 Å². The van der Waals surface area contributed by atoms with E-state index >= 15 is 0 Å². The van der Waals surface area contributed by atoms with Gasteiger partial charge in [-0.05, 0) is 73.4 Å². The van der Waals surface area contributed by atoms with Gasteiger partial charge in [0.1, 0.15) is 18.1 Å². The lowest BCUT2D eigenvalue weighted by Gasteiger charge is -2.44. The molecular formula is C41H50N6O4. The largest absolute Gasteiger partial charge is 0.352 e. The van der Waals surface area contributed by atoms with Gasteiger partial charge in [-0.1, -0.05) is 86.0 Å². The lowest BCUT2D eigenvalue weighted by molar-refractivity contribution is -0.141. The number of nitrogens with zero attached hydrogens (tertiary/aromatic N) is 3. The molecule has 1 saturated carbocycles. The molecule has 268 valence electrons. The minimum Gasteiger partial charge on any atom is -0.352 e. The van der Waals surface area contributed by atoms with Gasteiger partial charge in [-0.15, -0.1) is 0 Å². The summed E-state index contributed by atoms with van der Waals surface area (Å²) < 4.78 is 0. The van der Waals surface area contributed by atoms with Gasteiger partial charge in [0, 0.05) is 37.8 Å². The van der Waals surface area contributed by atoms with Crippen LogP contribution in [0, 0.1) is 6.92 Å². The van der Waals surface area contributed by atoms with Crippen LogP contribution < -0.4 is 20.9 Å². The molecule has 3 heterocycles. The minimum absolute atomic E-state index is 0.0211. The molecule has 2 saturated heterocycles. The van der Waals surface area contributed by atoms with Crippen molar-refractivity contribution in [2.24, 2.45) is 0 Å². The molecule has 3 fully saturated rings. The van der Waals surface area contributed by atoms with Gasteiger partial charge in [0.15, 0.2) is 0 Å². The molecule has 1 spiro atoms. The second kappa shape index (κ2) is 15.3. The lowest BCUT2D eigenvalue weighted by atomic mass is 9.85. The number of anilines is 1. The standard InChI is InChI=1S/C41H50N6O4/c1-29-12-8-9-13-30(29)24-36(44-38(49)35-25-31-14-10-11-15-32(31)26-42-35)39(50)45-22-20-41(21-23-45)40(51)46(28-47(41)34-18-6-3-7-19-34)27-37(48)43-33-16-4-2-5-17-33/h3,6-15,18-19,33,35-36,42H,2,4-5,16-17,20-28H2,1H3,(H,43,48)(H,44,49)/t35-,36-/m1/s1. The summed E-state index contributed by atoms with van der Waals surface area (Å²) in [5, 5.41) is 9.67. The average Bonchev–Trinajstić information content (AvgIpc) is 3.41. The van der Waals surface area contributed by atoms with Crippen molar-refractivity contribution in [2.75, 3.05) is 31.2 Å². The average molecular weight is 691 g/mol. The number of rotatable bonds is 9. The molecule has 0 bridgehead atoms. The quantitative estimate of drug-likeness (QED) is 0.315. The predicted molar refractivity (Wildman–Crippen MR) is 197 cm³/mol. The van der Waals surface area contributed by atoms with Crippen LogP contribution in [0.1, 0.15) is 67.2 Å². The summed E-state index contributed by atoms with van der Waals surface area (Å²) in [7, 11) is 0. The van der Waals surface area contributed by atoms with E-state index in [9.17, 15) is 19.2 Å². The predicted octanol–water partition coefficient (Wildman–Crippen LogP) is 3.85. The van der Waals surface area contributed by atoms with Gasteiger partial charge in [0.25, 0.3) is 5.91 Å². The molecular weight excluding hydrogens is 640 g/mol. The summed E-state index contributed by atoms with van der Waals surface area (Å²) in [6, 6.07) is 25.0. The molecule has 4 aliphatic rings. The Labute approximate surface area is 300 Å². The first kappa shape index (κ1) is 34.7. The first-order valence-corrected chi connectivity index (χ1v) is 18.7. The second-order valence-electron chi connectivity index (χ2n) is 14.8. The number of fused-ring (bicyclic) bond motifs is 1. The van der Waals surface area contributed by atoms with Gasteiger partial charge >= 0.3 is 0 Å². The Morgan fingerprint density at radius 1 is 0.882 bits per heavy atom. The Morgan fingerprint density at radius 3 is 2.31 bits per heavy atom. The van der Waals surface area contributed by atoms with Crippen LogP contribution in [0.25, 0.3) is 0 Å². The lowest BCUT2D eigenvalue weighted by Crippen LogP contribution is -2.61. The maximum Gasteiger partial charge on any atom is 0.250 e. The van der Waals surface area contributed by atoms with Crippen LogP contribution >= 0.6 is 0 Å². The molecule has 1 aliphatic carbocycles. The molecule has 2 atom stereocenters. The van der Waals surface area contributed by atoms with Crippen molar-refractivity contribution in [1.29, 1.82) is 0 Å². The maximum atomic E-state index is 14.4. The van der Waals surface area contributed by atoms with E-state index < -0.39 is 17.6 Å². The van der Waals surface area contributed by atoms with E-state index in [1.807, 2.05) is 78.6 Å². The number of aryl methyl sites for hydroxylation is 1. The van der Waals surface area contributed by atoms with E-state index in [0.29, 0.717) is 52.0 Å². The maximum absolute atomic E-state index is 14.4. The highest BCUT2D eigenvalue weighted by molar-refractivity contribution is 5.97. The Hall–Kier alpha value is -4.70. The number of benzene rings is 3. The molecule has 0 aromatic heterocycles. The molecule has 3 N–H and O–H groups in total. The summed E-state index contributed by atoms with van der Waals surface area (Å²) in [6.07, 6.45) is 7.22. The van der Waals surface area contributed by atoms with Crippen molar-refractivity contribution in [1.82, 2.24) is 25.8 Å². The number of amides is 4. The molecule has 0 radical (unpaired) electrons. The fourth-order valence-corrected chi connectivity index (χ4v) is 8.50. The Kier molecular flexibility index (Phi) is 10.4. The number of piperidine rings is 1. The van der Waals surface area contributed by atoms with Crippen molar-refractivity contribution < 1.29 is 19.2 Å². The fraction of sp³-hybridized carbons (Fsp3) is 0.463. The van der Waals surface area contributed by atoms with E-state index in [-0.39, 0.29) is 36.2 Å². The van der Waals surface area contributed by atoms with Crippen LogP contribution in [0.2, 0.25) is 0 Å². The third-order valence-electron chi connectivity index (χ3n) is 11.5. The number of carbonyl (C=O) groups excluding carboxylic acids is 4. The first-order chi connectivity index (χ1) is 24.8. The topological polar surface area (TPSA) is 114 Å². The van der Waals surface area contributed by atoms with Crippen molar-refractivity contribution >= 4 is 29.3 Å². The molecule has 0 unspecified atom stereocenters. The van der Waals surface area contributed by atoms with Gasteiger partial charge in [-0.25, -0.2) is 0 Å². The highest BCUT2D eigenvalue weighted by Crippen LogP contribution is 2.39. The smallest absolute Gasteiger partial charge is 0.250 e. The Morgan fingerprint density at radius 2 is 1.57 bits per heavy atom. The summed E-state index contributed by atoms with van der Waals surface area (Å²) in [5.41, 5.74) is 4.46. The molecule has 4 amide bonds. The fourth-order valence-electron chi connectivity index (χ4n) is 8.50. The number of likely N-dealkylation sites (tertiary alicyclic amines) is 1. The SMILES string of the molecule is Cc1ccccc1C[C@@H](NC(=O)[C@H]1Cc2ccccc2CN1)C(=O)N1CCC2(CC1)C(=O)N(CC(=O)NC1CCCCC1)CN2c1ccccc1. The Balaban J connectivity index is 1.07. The first-order valence-electron chi connectivity index (χ1n) is 18.7. The zero-order valence-electron chi connectivity index (χ0n) is 29.6. The van der Waals surface area contributed by atoms with Crippen LogP contribution in [0.15, 0.2) is 78.9 Å². The van der Waals surface area contributed by atoms with Crippen LogP contribution in [0.3, 0.4) is 0 Å². The zero-order chi connectivity index (χ0) is 35.4. The van der Waals surface area contributed by atoms with Crippen LogP contribution in [-0.2, 0) is 38.6 Å². The molecule has 3 aromatic carbocycles. The minimum atomic E-state index is -0.864. The van der Waals surface area contributed by atoms with Crippen LogP contribution in [0.4, 0.5) is 5.69 Å². The molecule has 10 heteroatoms. The summed E-state index contributed by atoms with van der Waals surface area (Å²) in [5.74, 6) is -0.504. The summed E-state index contributed by atoms with van der Waals surface area (Å²) in [6.45, 7) is 3.69. The van der Waals surface area contributed by atoms with E-state index in [2.05, 4.69) is 33.0 Å². The van der Waals surface area contributed by atoms with Crippen molar-refractivity contribution in [3.05, 3.63) is 101 Å². The number of nitrogens with one attached hydrogen (secondary N) is 3. The summed E-state index contributed by atoms with van der Waals surface area (Å²) >= 11 is 0. The second-order valence-corrected chi connectivity index (χ2v) is 14.8. The Bertz CT molecular complexity index is 1730. The molecule has 10 nitrogen and oxygen atoms in total. The third kappa shape index (κ3) is 7.52. The normalized spacial score (nSPS) is 20.9. The number of hydrogen-bond donors (Lipinski definition) is 3. The van der Waals surface area contributed by atoms with Gasteiger partial charge in [0.2, 0.25) is 17.7 Å². The number of carbonyl (C=O) groups is 4. The van der Waals surface area contributed by atoms with Gasteiger partial charge < -0.3 is 30.7 Å². The monoisotopic (exact) mass is 690 g/mol. The highest BCUT2D eigenvalue weighted by Gasteiger charge is 2.54. The van der Waals surface area contributed by atoms with Crippen molar-refractivity contribution in [3.63, 3.8) is 0 Å². The van der Waals surface area contributed by atoms with Crippen molar-refractivity contribution in [2.45, 2.75) is 94.9 Å². The van der Waals surface area contributed by atoms with E-state index in [0.717, 1.165) is 48.1 Å². The zero-order valence-corrected chi connectivity index (χ0v) is 29.6.